The fourth-order valence-electron chi connectivity index (χ4n) is 4.84. The van der Waals surface area contributed by atoms with Crippen LogP contribution in [0.1, 0.15) is 62.5 Å². The molecule has 1 N–H and O–H groups in total. The van der Waals surface area contributed by atoms with E-state index in [2.05, 4.69) is 10.2 Å². The number of carbonyl (C=O) groups is 1. The maximum atomic E-state index is 13.5. The second kappa shape index (κ2) is 14.0. The van der Waals surface area contributed by atoms with Gasteiger partial charge in [0, 0.05) is 18.3 Å². The van der Waals surface area contributed by atoms with Crippen LogP contribution < -0.4 is 5.32 Å². The Labute approximate surface area is 216 Å². The molecule has 1 heterocycles. The molecule has 37 heavy (non-hydrogen) atoms. The summed E-state index contributed by atoms with van der Waals surface area (Å²) < 4.78 is 52.4. The summed E-state index contributed by atoms with van der Waals surface area (Å²) in [6, 6.07) is 13.4. The fraction of sp³-hybridized carbons (Fsp3) is 0.500. The standard InChI is InChI=1S/C21H29F4N3O.C7H5N/c22-19-10-9-16(15-18(19)21(23,24)25)26-20(29)28(17-7-2-1-3-8-17)14-6-13-27-11-4-5-12-27;8-6-7-4-2-1-3-5-7/h9-10,15,17H,1-8,11-14H2,(H,26,29);1-5H. The molecule has 4 rings (SSSR count). The van der Waals surface area contributed by atoms with Crippen molar-refractivity contribution in [1.82, 2.24) is 9.80 Å². The summed E-state index contributed by atoms with van der Waals surface area (Å²) >= 11 is 0. The fourth-order valence-corrected chi connectivity index (χ4v) is 4.84. The summed E-state index contributed by atoms with van der Waals surface area (Å²) in [7, 11) is 0. The molecule has 2 aromatic carbocycles. The van der Waals surface area contributed by atoms with Gasteiger partial charge in [0.15, 0.2) is 0 Å². The zero-order valence-electron chi connectivity index (χ0n) is 20.9. The van der Waals surface area contributed by atoms with E-state index < -0.39 is 23.6 Å². The van der Waals surface area contributed by atoms with Crippen LogP contribution in [0.4, 0.5) is 28.0 Å². The van der Waals surface area contributed by atoms with Crippen LogP contribution in [0.5, 0.6) is 0 Å². The van der Waals surface area contributed by atoms with Gasteiger partial charge in [-0.15, -0.1) is 0 Å². The van der Waals surface area contributed by atoms with E-state index in [-0.39, 0.29) is 11.7 Å². The first-order chi connectivity index (χ1) is 17.8. The van der Waals surface area contributed by atoms with Crippen LogP contribution in [0.2, 0.25) is 0 Å². The van der Waals surface area contributed by atoms with Gasteiger partial charge in [-0.2, -0.15) is 18.4 Å². The molecule has 0 bridgehead atoms. The van der Waals surface area contributed by atoms with Crippen molar-refractivity contribution in [3.05, 3.63) is 65.5 Å². The minimum atomic E-state index is -4.80. The Morgan fingerprint density at radius 3 is 2.30 bits per heavy atom. The molecule has 1 saturated heterocycles. The molecule has 0 atom stereocenters. The average Bonchev–Trinajstić information content (AvgIpc) is 3.42. The summed E-state index contributed by atoms with van der Waals surface area (Å²) in [5, 5.41) is 10.9. The van der Waals surface area contributed by atoms with Crippen LogP contribution in [0.3, 0.4) is 0 Å². The molecule has 1 aliphatic heterocycles. The monoisotopic (exact) mass is 518 g/mol. The van der Waals surface area contributed by atoms with Crippen molar-refractivity contribution in [2.45, 2.75) is 63.6 Å². The van der Waals surface area contributed by atoms with Gasteiger partial charge in [-0.25, -0.2) is 9.18 Å². The third-order valence-electron chi connectivity index (χ3n) is 6.77. The molecular weight excluding hydrogens is 484 g/mol. The highest BCUT2D eigenvalue weighted by molar-refractivity contribution is 5.89. The maximum absolute atomic E-state index is 13.5. The summed E-state index contributed by atoms with van der Waals surface area (Å²) in [6.07, 6.45) is 3.52. The highest BCUT2D eigenvalue weighted by atomic mass is 19.4. The lowest BCUT2D eigenvalue weighted by molar-refractivity contribution is -0.139. The van der Waals surface area contributed by atoms with E-state index in [4.69, 9.17) is 5.26 Å². The first-order valence-corrected chi connectivity index (χ1v) is 12.9. The van der Waals surface area contributed by atoms with E-state index >= 15 is 0 Å². The van der Waals surface area contributed by atoms with Crippen LogP contribution in [0, 0.1) is 17.1 Å². The second-order valence-electron chi connectivity index (χ2n) is 9.49. The zero-order chi connectivity index (χ0) is 26.7. The van der Waals surface area contributed by atoms with Crippen LogP contribution in [0.15, 0.2) is 48.5 Å². The molecule has 9 heteroatoms. The van der Waals surface area contributed by atoms with Gasteiger partial charge < -0.3 is 15.1 Å². The Morgan fingerprint density at radius 1 is 1.03 bits per heavy atom. The first-order valence-electron chi connectivity index (χ1n) is 12.9. The molecule has 200 valence electrons. The van der Waals surface area contributed by atoms with Gasteiger partial charge >= 0.3 is 12.2 Å². The van der Waals surface area contributed by atoms with Crippen LogP contribution >= 0.6 is 0 Å². The third-order valence-corrected chi connectivity index (χ3v) is 6.77. The van der Waals surface area contributed by atoms with Crippen LogP contribution in [-0.2, 0) is 6.18 Å². The highest BCUT2D eigenvalue weighted by Crippen LogP contribution is 2.33. The lowest BCUT2D eigenvalue weighted by Crippen LogP contribution is -2.45. The summed E-state index contributed by atoms with van der Waals surface area (Å²) in [5.41, 5.74) is -0.690. The second-order valence-corrected chi connectivity index (χ2v) is 9.49. The molecule has 0 aromatic heterocycles. The molecule has 2 aliphatic rings. The quantitative estimate of drug-likeness (QED) is 0.417. The van der Waals surface area contributed by atoms with Gasteiger partial charge in [-0.1, -0.05) is 37.5 Å². The van der Waals surface area contributed by atoms with Crippen molar-refractivity contribution in [1.29, 1.82) is 5.26 Å². The zero-order valence-corrected chi connectivity index (χ0v) is 20.9. The summed E-state index contributed by atoms with van der Waals surface area (Å²) in [4.78, 5) is 17.1. The SMILES string of the molecule is N#Cc1ccccc1.O=C(Nc1ccc(F)c(C(F)(F)F)c1)N(CCCN1CCCC1)C1CCCCC1. The Balaban J connectivity index is 0.000000405. The highest BCUT2D eigenvalue weighted by Gasteiger charge is 2.34. The number of nitrogens with one attached hydrogen (secondary N) is 1. The number of anilines is 1. The molecule has 0 unspecified atom stereocenters. The Bertz CT molecular complexity index is 1030. The van der Waals surface area contributed by atoms with E-state index in [0.717, 1.165) is 64.2 Å². The number of nitriles is 1. The number of benzene rings is 2. The molecular formula is C28H34F4N4O. The predicted octanol–water partition coefficient (Wildman–Crippen LogP) is 7.06. The molecule has 0 spiro atoms. The van der Waals surface area contributed by atoms with E-state index in [9.17, 15) is 22.4 Å². The molecule has 1 saturated carbocycles. The average molecular weight is 519 g/mol. The number of amides is 2. The largest absolute Gasteiger partial charge is 0.419 e. The lowest BCUT2D eigenvalue weighted by atomic mass is 9.94. The molecule has 0 radical (unpaired) electrons. The first kappa shape index (κ1) is 28.5. The minimum Gasteiger partial charge on any atom is -0.322 e. The molecule has 5 nitrogen and oxygen atoms in total. The van der Waals surface area contributed by atoms with E-state index in [0.29, 0.717) is 18.2 Å². The number of hydrogen-bond donors (Lipinski definition) is 1. The van der Waals surface area contributed by atoms with Gasteiger partial charge in [0.1, 0.15) is 5.82 Å². The van der Waals surface area contributed by atoms with E-state index in [1.165, 1.54) is 18.9 Å². The van der Waals surface area contributed by atoms with Gasteiger partial charge in [0.05, 0.1) is 17.2 Å². The summed E-state index contributed by atoms with van der Waals surface area (Å²) in [6.45, 7) is 3.67. The Kier molecular flexibility index (Phi) is 10.8. The van der Waals surface area contributed by atoms with Crippen molar-refractivity contribution in [3.8, 4) is 6.07 Å². The number of alkyl halides is 3. The normalized spacial score (nSPS) is 16.4. The van der Waals surface area contributed by atoms with Gasteiger partial charge in [0.2, 0.25) is 0 Å². The minimum absolute atomic E-state index is 0.0379. The number of hydrogen-bond acceptors (Lipinski definition) is 3. The van der Waals surface area contributed by atoms with Gasteiger partial charge in [-0.3, -0.25) is 0 Å². The molecule has 2 aromatic rings. The lowest BCUT2D eigenvalue weighted by Gasteiger charge is -2.35. The van der Waals surface area contributed by atoms with Crippen molar-refractivity contribution in [2.24, 2.45) is 0 Å². The molecule has 1 aliphatic carbocycles. The Morgan fingerprint density at radius 2 is 1.70 bits per heavy atom. The smallest absolute Gasteiger partial charge is 0.322 e. The van der Waals surface area contributed by atoms with E-state index in [1.54, 1.807) is 17.0 Å². The topological polar surface area (TPSA) is 59.4 Å². The molecule has 2 amide bonds. The van der Waals surface area contributed by atoms with Crippen molar-refractivity contribution >= 4 is 11.7 Å². The van der Waals surface area contributed by atoms with Crippen molar-refractivity contribution in [3.63, 3.8) is 0 Å². The number of halogens is 4. The van der Waals surface area contributed by atoms with Gasteiger partial charge in [-0.05, 0) is 82.1 Å². The third kappa shape index (κ3) is 9.04. The number of nitrogens with zero attached hydrogens (tertiary/aromatic N) is 3. The van der Waals surface area contributed by atoms with Crippen molar-refractivity contribution < 1.29 is 22.4 Å². The van der Waals surface area contributed by atoms with E-state index in [1.807, 2.05) is 24.3 Å². The number of rotatable bonds is 6. The van der Waals surface area contributed by atoms with Crippen LogP contribution in [0.25, 0.3) is 0 Å². The number of urea groups is 1. The summed E-state index contributed by atoms with van der Waals surface area (Å²) in [5.74, 6) is -1.34. The predicted molar refractivity (Wildman–Crippen MR) is 135 cm³/mol. The molecule has 2 fully saturated rings. The van der Waals surface area contributed by atoms with Crippen LogP contribution in [-0.4, -0.2) is 48.1 Å². The van der Waals surface area contributed by atoms with Crippen molar-refractivity contribution in [2.75, 3.05) is 31.5 Å². The van der Waals surface area contributed by atoms with Gasteiger partial charge in [0.25, 0.3) is 0 Å². The number of carbonyl (C=O) groups excluding carboxylic acids is 1. The maximum Gasteiger partial charge on any atom is 0.419 e. The Hall–Kier alpha value is -3.12. The number of likely N-dealkylation sites (tertiary alicyclic amines) is 1.